The summed E-state index contributed by atoms with van der Waals surface area (Å²) in [5.74, 6) is 0. The van der Waals surface area contributed by atoms with Gasteiger partial charge in [-0.2, -0.15) is 14.7 Å². The van der Waals surface area contributed by atoms with Crippen LogP contribution in [0.15, 0.2) is 87.5 Å². The average molecular weight is 647 g/mol. The van der Waals surface area contributed by atoms with Gasteiger partial charge in [-0.25, -0.2) is 0 Å². The van der Waals surface area contributed by atoms with Gasteiger partial charge in [-0.1, -0.05) is 54.6 Å². The number of hydrogen-bond acceptors (Lipinski definition) is 6. The number of benzene rings is 3. The summed E-state index contributed by atoms with van der Waals surface area (Å²) in [7, 11) is 11.9. The van der Waals surface area contributed by atoms with Gasteiger partial charge in [0.25, 0.3) is 0 Å². The van der Waals surface area contributed by atoms with Crippen LogP contribution in [-0.2, 0) is 89.1 Å². The quantitative estimate of drug-likeness (QED) is 0.292. The van der Waals surface area contributed by atoms with Gasteiger partial charge in [-0.3, -0.25) is 0 Å². The van der Waals surface area contributed by atoms with E-state index in [-0.39, 0.29) is 51.2 Å². The zero-order valence-corrected chi connectivity index (χ0v) is 24.7. The van der Waals surface area contributed by atoms with Crippen LogP contribution in [0.25, 0.3) is 0 Å². The Balaban J connectivity index is -0.000000391. The summed E-state index contributed by atoms with van der Waals surface area (Å²) in [6, 6.07) is 23.7. The maximum atomic E-state index is 5.09. The van der Waals surface area contributed by atoms with Crippen LogP contribution in [0.4, 0.5) is 17.1 Å². The molecule has 0 spiro atoms. The van der Waals surface area contributed by atoms with Crippen molar-refractivity contribution >= 4 is 54.9 Å². The molecular weight excluding hydrogens is 617 g/mol. The Morgan fingerprint density at radius 1 is 0.394 bits per heavy atom. The second-order valence-electron chi connectivity index (χ2n) is 7.09. The second kappa shape index (κ2) is 19.6. The third-order valence-electron chi connectivity index (χ3n) is 4.04. The van der Waals surface area contributed by atoms with Gasteiger partial charge in [0, 0.05) is 59.3 Å². The molecule has 0 aliphatic carbocycles. The van der Waals surface area contributed by atoms with Crippen LogP contribution in [0.2, 0.25) is 0 Å². The molecule has 0 atom stereocenters. The summed E-state index contributed by atoms with van der Waals surface area (Å²) >= 11 is 15.3. The first-order valence-corrected chi connectivity index (χ1v) is 10.7. The Morgan fingerprint density at radius 3 is 0.697 bits per heavy atom. The van der Waals surface area contributed by atoms with Gasteiger partial charge in [-0.05, 0) is 18.2 Å². The van der Waals surface area contributed by atoms with E-state index in [1.165, 1.54) is 0 Å². The first-order valence-electron chi connectivity index (χ1n) is 9.45. The smallest absolute Gasteiger partial charge is 0.778 e. The molecule has 0 aliphatic heterocycles. The molecule has 33 heavy (non-hydrogen) atoms. The van der Waals surface area contributed by atoms with Crippen LogP contribution in [0.3, 0.4) is 0 Å². The maximum absolute atomic E-state index is 5.09. The van der Waals surface area contributed by atoms with Crippen LogP contribution < -0.4 is 14.7 Å². The molecule has 3 nitrogen and oxygen atoms in total. The third kappa shape index (κ3) is 13.7. The van der Waals surface area contributed by atoms with Crippen LogP contribution in [0.5, 0.6) is 0 Å². The summed E-state index contributed by atoms with van der Waals surface area (Å²) in [5.41, 5.74) is 3.33. The van der Waals surface area contributed by atoms with Gasteiger partial charge in [0.2, 0.25) is 0 Å². The van der Waals surface area contributed by atoms with Crippen LogP contribution in [0, 0.1) is 0 Å². The van der Waals surface area contributed by atoms with Gasteiger partial charge in [-0.15, -0.1) is 0 Å². The normalized spacial score (nSPS) is 8.55. The standard InChI is InChI=1S/3C8H11NS.3Cu/c3*1-9(2)7-5-3-4-6-8(7)10;;;/h3*3-6,10H,1-2H3;;;/q;;;3*+2/p-3. The monoisotopic (exact) mass is 645 g/mol. The van der Waals surface area contributed by atoms with Crippen molar-refractivity contribution in [2.75, 3.05) is 57.0 Å². The minimum atomic E-state index is 0. The van der Waals surface area contributed by atoms with E-state index < -0.39 is 0 Å². The van der Waals surface area contributed by atoms with E-state index in [2.05, 4.69) is 0 Å². The van der Waals surface area contributed by atoms with E-state index in [1.807, 2.05) is 130 Å². The largest absolute Gasteiger partial charge is 2.00 e. The van der Waals surface area contributed by atoms with Gasteiger partial charge in [0.1, 0.15) is 0 Å². The number of nitrogens with zero attached hydrogens (tertiary/aromatic N) is 3. The number of anilines is 3. The van der Waals surface area contributed by atoms with Crippen molar-refractivity contribution in [3.05, 3.63) is 72.8 Å². The fraction of sp³-hybridized carbons (Fsp3) is 0.250. The van der Waals surface area contributed by atoms with E-state index in [9.17, 15) is 0 Å². The van der Waals surface area contributed by atoms with Gasteiger partial charge >= 0.3 is 51.2 Å². The molecule has 9 heteroatoms. The summed E-state index contributed by atoms with van der Waals surface area (Å²) in [6.07, 6.45) is 0. The zero-order valence-electron chi connectivity index (χ0n) is 19.4. The summed E-state index contributed by atoms with van der Waals surface area (Å²) in [5, 5.41) is 0. The molecule has 0 amide bonds. The van der Waals surface area contributed by atoms with Gasteiger partial charge < -0.3 is 52.6 Å². The van der Waals surface area contributed by atoms with E-state index in [0.717, 1.165) is 31.7 Å². The molecule has 3 aromatic rings. The minimum absolute atomic E-state index is 0. The topological polar surface area (TPSA) is 9.72 Å². The molecule has 189 valence electrons. The zero-order chi connectivity index (χ0) is 22.7. The van der Waals surface area contributed by atoms with Crippen molar-refractivity contribution in [2.45, 2.75) is 14.7 Å². The SMILES string of the molecule is CN(C)c1ccccc1[S-].CN(C)c1ccccc1[S-].CN(C)c1ccccc1[S-].[Cu+2].[Cu+2].[Cu+2]. The first kappa shape index (κ1) is 36.8. The number of para-hydroxylation sites is 3. The average Bonchev–Trinajstić information content (AvgIpc) is 2.69. The van der Waals surface area contributed by atoms with E-state index in [0.29, 0.717) is 0 Å². The fourth-order valence-corrected chi connectivity index (χ4v) is 3.47. The van der Waals surface area contributed by atoms with Crippen LogP contribution in [0.1, 0.15) is 0 Å². The molecule has 0 aliphatic rings. The minimum Gasteiger partial charge on any atom is -0.778 e. The Kier molecular flexibility index (Phi) is 21.8. The molecule has 0 N–H and O–H groups in total. The van der Waals surface area contributed by atoms with Crippen molar-refractivity contribution < 1.29 is 51.2 Å². The number of rotatable bonds is 3. The fourth-order valence-electron chi connectivity index (χ4n) is 2.48. The van der Waals surface area contributed by atoms with Crippen molar-refractivity contribution in [2.24, 2.45) is 0 Å². The Bertz CT molecular complexity index is 793. The maximum Gasteiger partial charge on any atom is 2.00 e. The molecule has 0 saturated carbocycles. The summed E-state index contributed by atoms with van der Waals surface area (Å²) < 4.78 is 0. The van der Waals surface area contributed by atoms with Crippen molar-refractivity contribution in [3.63, 3.8) is 0 Å². The van der Waals surface area contributed by atoms with Crippen molar-refractivity contribution in [3.8, 4) is 0 Å². The third-order valence-corrected chi connectivity index (χ3v) is 5.08. The van der Waals surface area contributed by atoms with E-state index in [4.69, 9.17) is 37.9 Å². The molecule has 0 aromatic heterocycles. The van der Waals surface area contributed by atoms with E-state index in [1.54, 1.807) is 0 Å². The van der Waals surface area contributed by atoms with Crippen molar-refractivity contribution in [1.82, 2.24) is 0 Å². The van der Waals surface area contributed by atoms with Crippen LogP contribution >= 0.6 is 0 Å². The molecular formula is C24H30Cu3N3S3+3. The van der Waals surface area contributed by atoms with Gasteiger partial charge in [0.15, 0.2) is 0 Å². The van der Waals surface area contributed by atoms with Crippen LogP contribution in [-0.4, -0.2) is 42.3 Å². The van der Waals surface area contributed by atoms with Gasteiger partial charge in [0.05, 0.1) is 0 Å². The summed E-state index contributed by atoms with van der Waals surface area (Å²) in [6.45, 7) is 0. The predicted molar refractivity (Wildman–Crippen MR) is 139 cm³/mol. The first-order chi connectivity index (χ1) is 14.1. The molecule has 3 radical (unpaired) electrons. The molecule has 3 aromatic carbocycles. The summed E-state index contributed by atoms with van der Waals surface area (Å²) in [4.78, 5) is 8.78. The molecule has 0 unspecified atom stereocenters. The number of hydrogen-bond donors (Lipinski definition) is 0. The van der Waals surface area contributed by atoms with E-state index >= 15 is 0 Å². The Morgan fingerprint density at radius 2 is 0.576 bits per heavy atom. The molecule has 0 saturated heterocycles. The molecule has 3 rings (SSSR count). The molecule has 0 fully saturated rings. The predicted octanol–water partition coefficient (Wildman–Crippen LogP) is 4.97. The Labute approximate surface area is 248 Å². The molecule has 0 bridgehead atoms. The second-order valence-corrected chi connectivity index (χ2v) is 8.41. The van der Waals surface area contributed by atoms with Crippen molar-refractivity contribution in [1.29, 1.82) is 0 Å². The molecule has 0 heterocycles. The Hall–Kier alpha value is -0.722.